The number of allylic oxidation sites excluding steroid dienone is 2. The lowest BCUT2D eigenvalue weighted by molar-refractivity contribution is 0.103. The van der Waals surface area contributed by atoms with Crippen molar-refractivity contribution in [1.82, 2.24) is 0 Å². The van der Waals surface area contributed by atoms with Crippen molar-refractivity contribution < 1.29 is 19.4 Å². The van der Waals surface area contributed by atoms with Crippen LogP contribution in [0.15, 0.2) is 24.0 Å². The average molecular weight is 341 g/mol. The van der Waals surface area contributed by atoms with Crippen LogP contribution in [0.4, 0.5) is 0 Å². The second-order valence-electron chi connectivity index (χ2n) is 5.33. The molecule has 0 bridgehead atoms. The second kappa shape index (κ2) is 10.2. The van der Waals surface area contributed by atoms with Gasteiger partial charge in [0.15, 0.2) is 5.78 Å². The van der Waals surface area contributed by atoms with Crippen molar-refractivity contribution in [1.29, 1.82) is 0 Å². The number of ether oxygens (including phenoxy) is 2. The Hall–Kier alpha value is -1.68. The first-order valence-corrected chi connectivity index (χ1v) is 8.38. The van der Waals surface area contributed by atoms with Crippen molar-refractivity contribution in [3.8, 4) is 11.5 Å². The maximum atomic E-state index is 12.2. The fourth-order valence-corrected chi connectivity index (χ4v) is 2.10. The fraction of sp³-hybridized carbons (Fsp3) is 0.500. The number of aliphatic hydroxyl groups excluding tert-OH is 1. The summed E-state index contributed by atoms with van der Waals surface area (Å²) in [6, 6.07) is 3.19. The van der Waals surface area contributed by atoms with Gasteiger partial charge in [-0.25, -0.2) is 0 Å². The van der Waals surface area contributed by atoms with Crippen LogP contribution in [0.25, 0.3) is 0 Å². The van der Waals surface area contributed by atoms with E-state index in [-0.39, 0.29) is 11.5 Å². The zero-order valence-corrected chi connectivity index (χ0v) is 14.8. The van der Waals surface area contributed by atoms with Gasteiger partial charge in [-0.3, -0.25) is 4.79 Å². The minimum absolute atomic E-state index is 0.0612. The Labute approximate surface area is 143 Å². The Morgan fingerprint density at radius 1 is 1.13 bits per heavy atom. The molecule has 0 saturated carbocycles. The third-order valence-corrected chi connectivity index (χ3v) is 3.45. The van der Waals surface area contributed by atoms with Gasteiger partial charge in [-0.2, -0.15) is 0 Å². The van der Waals surface area contributed by atoms with Gasteiger partial charge in [0, 0.05) is 12.1 Å². The first-order chi connectivity index (χ1) is 11.0. The van der Waals surface area contributed by atoms with Crippen LogP contribution in [0.5, 0.6) is 11.5 Å². The van der Waals surface area contributed by atoms with Gasteiger partial charge in [0.05, 0.1) is 29.6 Å². The second-order valence-corrected chi connectivity index (χ2v) is 5.74. The summed E-state index contributed by atoms with van der Waals surface area (Å²) in [6.07, 6.45) is 4.98. The van der Waals surface area contributed by atoms with Gasteiger partial charge in [-0.05, 0) is 25.8 Å². The van der Waals surface area contributed by atoms with E-state index in [0.29, 0.717) is 35.3 Å². The van der Waals surface area contributed by atoms with Crippen molar-refractivity contribution in [2.75, 3.05) is 13.2 Å². The van der Waals surface area contributed by atoms with Crippen LogP contribution in [0, 0.1) is 0 Å². The highest BCUT2D eigenvalue weighted by molar-refractivity contribution is 6.32. The highest BCUT2D eigenvalue weighted by atomic mass is 35.5. The quantitative estimate of drug-likeness (QED) is 0.270. The van der Waals surface area contributed by atoms with Crippen molar-refractivity contribution in [2.24, 2.45) is 0 Å². The predicted octanol–water partition coefficient (Wildman–Crippen LogP) is 5.34. The van der Waals surface area contributed by atoms with E-state index in [4.69, 9.17) is 21.1 Å². The summed E-state index contributed by atoms with van der Waals surface area (Å²) in [5.41, 5.74) is 0.322. The molecule has 23 heavy (non-hydrogen) atoms. The van der Waals surface area contributed by atoms with Crippen LogP contribution in [0.1, 0.15) is 56.8 Å². The number of carbonyl (C=O) groups excluding carboxylic acids is 1. The zero-order valence-electron chi connectivity index (χ0n) is 14.0. The van der Waals surface area contributed by atoms with E-state index < -0.39 is 0 Å². The molecule has 1 aromatic carbocycles. The largest absolute Gasteiger partial charge is 0.512 e. The first-order valence-electron chi connectivity index (χ1n) is 8.00. The summed E-state index contributed by atoms with van der Waals surface area (Å²) in [4.78, 5) is 12.2. The smallest absolute Gasteiger partial charge is 0.192 e. The molecule has 4 nitrogen and oxygen atoms in total. The molecular weight excluding hydrogens is 316 g/mol. The number of halogens is 1. The maximum absolute atomic E-state index is 12.2. The summed E-state index contributed by atoms with van der Waals surface area (Å²) in [7, 11) is 0. The normalized spacial score (nSPS) is 11.4. The topological polar surface area (TPSA) is 55.8 Å². The van der Waals surface area contributed by atoms with Crippen LogP contribution >= 0.6 is 11.6 Å². The molecule has 0 fully saturated rings. The molecule has 0 radical (unpaired) electrons. The summed E-state index contributed by atoms with van der Waals surface area (Å²) >= 11 is 6.21. The lowest BCUT2D eigenvalue weighted by Crippen LogP contribution is -2.06. The molecule has 0 aliphatic rings. The molecule has 1 aromatic rings. The molecule has 5 heteroatoms. The molecule has 0 amide bonds. The van der Waals surface area contributed by atoms with Gasteiger partial charge in [0.25, 0.3) is 0 Å². The molecule has 0 saturated heterocycles. The minimum atomic E-state index is -0.349. The van der Waals surface area contributed by atoms with E-state index in [1.165, 1.54) is 13.0 Å². The third kappa shape index (κ3) is 6.53. The van der Waals surface area contributed by atoms with Gasteiger partial charge < -0.3 is 14.6 Å². The lowest BCUT2D eigenvalue weighted by Gasteiger charge is -2.14. The Morgan fingerprint density at radius 3 is 2.22 bits per heavy atom. The Kier molecular flexibility index (Phi) is 8.56. The van der Waals surface area contributed by atoms with Crippen molar-refractivity contribution >= 4 is 17.4 Å². The molecule has 0 heterocycles. The van der Waals surface area contributed by atoms with Crippen LogP contribution in [-0.2, 0) is 0 Å². The van der Waals surface area contributed by atoms with E-state index in [9.17, 15) is 9.90 Å². The standard InChI is InChI=1S/C18H25ClO4/c1-4-6-8-22-17-12-18(23-9-7-5-2)15(19)11-14(17)16(21)10-13(3)20/h10-12,20H,4-9H2,1-3H3/b13-10-. The summed E-state index contributed by atoms with van der Waals surface area (Å²) < 4.78 is 11.4. The molecule has 0 aromatic heterocycles. The van der Waals surface area contributed by atoms with Gasteiger partial charge in [-0.15, -0.1) is 0 Å². The first kappa shape index (κ1) is 19.4. The maximum Gasteiger partial charge on any atom is 0.192 e. The van der Waals surface area contributed by atoms with Gasteiger partial charge in [-0.1, -0.05) is 38.3 Å². The number of aliphatic hydroxyl groups is 1. The van der Waals surface area contributed by atoms with Gasteiger partial charge >= 0.3 is 0 Å². The van der Waals surface area contributed by atoms with E-state index in [0.717, 1.165) is 31.8 Å². The Balaban J connectivity index is 3.08. The lowest BCUT2D eigenvalue weighted by atomic mass is 10.1. The molecule has 1 rings (SSSR count). The molecule has 0 spiro atoms. The van der Waals surface area contributed by atoms with Crippen LogP contribution in [-0.4, -0.2) is 24.1 Å². The van der Waals surface area contributed by atoms with E-state index in [2.05, 4.69) is 13.8 Å². The molecule has 128 valence electrons. The Bertz CT molecular complexity index is 548. The molecule has 0 unspecified atom stereocenters. The number of ketones is 1. The highest BCUT2D eigenvalue weighted by Crippen LogP contribution is 2.34. The molecule has 0 aliphatic heterocycles. The number of hydrogen-bond acceptors (Lipinski definition) is 4. The highest BCUT2D eigenvalue weighted by Gasteiger charge is 2.16. The number of carbonyl (C=O) groups is 1. The summed E-state index contributed by atoms with van der Waals surface area (Å²) in [5, 5.41) is 9.66. The van der Waals surface area contributed by atoms with Gasteiger partial charge in [0.1, 0.15) is 11.5 Å². The van der Waals surface area contributed by atoms with Crippen LogP contribution in [0.2, 0.25) is 5.02 Å². The average Bonchev–Trinajstić information content (AvgIpc) is 2.49. The van der Waals surface area contributed by atoms with Crippen LogP contribution < -0.4 is 9.47 Å². The molecular formula is C18H25ClO4. The Morgan fingerprint density at radius 2 is 1.70 bits per heavy atom. The van der Waals surface area contributed by atoms with E-state index >= 15 is 0 Å². The number of hydrogen-bond donors (Lipinski definition) is 1. The summed E-state index contributed by atoms with van der Waals surface area (Å²) in [6.45, 7) is 6.66. The number of rotatable bonds is 10. The zero-order chi connectivity index (χ0) is 17.2. The number of unbranched alkanes of at least 4 members (excludes halogenated alkanes) is 2. The predicted molar refractivity (Wildman–Crippen MR) is 93.0 cm³/mol. The minimum Gasteiger partial charge on any atom is -0.512 e. The fourth-order valence-electron chi connectivity index (χ4n) is 1.88. The monoisotopic (exact) mass is 340 g/mol. The molecule has 0 aliphatic carbocycles. The van der Waals surface area contributed by atoms with Crippen molar-refractivity contribution in [2.45, 2.75) is 46.5 Å². The van der Waals surface area contributed by atoms with Gasteiger partial charge in [0.2, 0.25) is 0 Å². The SMILES string of the molecule is CCCCOc1cc(OCCCC)c(C(=O)/C=C(/C)O)cc1Cl. The summed E-state index contributed by atoms with van der Waals surface area (Å²) in [5.74, 6) is 0.525. The van der Waals surface area contributed by atoms with Crippen molar-refractivity contribution in [3.63, 3.8) is 0 Å². The van der Waals surface area contributed by atoms with E-state index in [1.54, 1.807) is 6.07 Å². The molecule has 1 N–H and O–H groups in total. The van der Waals surface area contributed by atoms with E-state index in [1.807, 2.05) is 0 Å². The third-order valence-electron chi connectivity index (χ3n) is 3.15. The number of benzene rings is 1. The molecule has 0 atom stereocenters. The van der Waals surface area contributed by atoms with Crippen LogP contribution in [0.3, 0.4) is 0 Å². The van der Waals surface area contributed by atoms with Crippen molar-refractivity contribution in [3.05, 3.63) is 34.6 Å².